The molecule has 0 aliphatic heterocycles. The van der Waals surface area contributed by atoms with Crippen molar-refractivity contribution in [3.8, 4) is 0 Å². The minimum Gasteiger partial charge on any atom is -0.340 e. The molecule has 1 N–H and O–H groups in total. The van der Waals surface area contributed by atoms with Crippen molar-refractivity contribution in [2.75, 3.05) is 13.6 Å². The monoisotopic (exact) mass is 196 g/mol. The molecule has 0 aliphatic carbocycles. The molecule has 5 nitrogen and oxygen atoms in total. The van der Waals surface area contributed by atoms with Crippen LogP contribution in [0, 0.1) is 0 Å². The highest BCUT2D eigenvalue weighted by Gasteiger charge is 2.13. The molecule has 78 valence electrons. The third-order valence-corrected chi connectivity index (χ3v) is 2.08. The Morgan fingerprint density at radius 3 is 2.93 bits per heavy atom. The third kappa shape index (κ3) is 2.83. The molecule has 0 unspecified atom stereocenters. The number of amides is 1. The highest BCUT2D eigenvalue weighted by molar-refractivity contribution is 5.91. The fraction of sp³-hybridized carbons (Fsp3) is 0.667. The van der Waals surface area contributed by atoms with Gasteiger partial charge in [-0.3, -0.25) is 4.79 Å². The van der Waals surface area contributed by atoms with Crippen LogP contribution in [0.1, 0.15) is 36.7 Å². The SMILES string of the molecule is CCCCCN(C)C(=O)c1cn[nH]n1. The quantitative estimate of drug-likeness (QED) is 0.716. The Morgan fingerprint density at radius 2 is 2.36 bits per heavy atom. The van der Waals surface area contributed by atoms with Crippen molar-refractivity contribution in [3.05, 3.63) is 11.9 Å². The Hall–Kier alpha value is -1.39. The molecule has 1 heterocycles. The fourth-order valence-electron chi connectivity index (χ4n) is 1.20. The largest absolute Gasteiger partial charge is 0.340 e. The molecule has 0 spiro atoms. The Labute approximate surface area is 83.5 Å². The van der Waals surface area contributed by atoms with E-state index >= 15 is 0 Å². The molecule has 1 rings (SSSR count). The summed E-state index contributed by atoms with van der Waals surface area (Å²) in [6.45, 7) is 2.92. The second-order valence-corrected chi connectivity index (χ2v) is 3.29. The molecular formula is C9H16N4O. The average molecular weight is 196 g/mol. The molecule has 0 aromatic carbocycles. The summed E-state index contributed by atoms with van der Waals surface area (Å²) in [4.78, 5) is 13.3. The summed E-state index contributed by atoms with van der Waals surface area (Å²) >= 11 is 0. The molecular weight excluding hydrogens is 180 g/mol. The number of hydrogen-bond donors (Lipinski definition) is 1. The van der Waals surface area contributed by atoms with Crippen LogP contribution in [0.4, 0.5) is 0 Å². The Morgan fingerprint density at radius 1 is 1.57 bits per heavy atom. The molecule has 0 bridgehead atoms. The van der Waals surface area contributed by atoms with Crippen LogP contribution in [0.5, 0.6) is 0 Å². The van der Waals surface area contributed by atoms with Crippen LogP contribution in [0.2, 0.25) is 0 Å². The summed E-state index contributed by atoms with van der Waals surface area (Å²) in [5, 5.41) is 9.76. The molecule has 1 aromatic heterocycles. The zero-order chi connectivity index (χ0) is 10.4. The smallest absolute Gasteiger partial charge is 0.275 e. The van der Waals surface area contributed by atoms with Gasteiger partial charge in [0.2, 0.25) is 0 Å². The van der Waals surface area contributed by atoms with E-state index in [2.05, 4.69) is 22.3 Å². The first-order chi connectivity index (χ1) is 6.75. The Kier molecular flexibility index (Phi) is 4.10. The number of nitrogens with zero attached hydrogens (tertiary/aromatic N) is 3. The van der Waals surface area contributed by atoms with Crippen molar-refractivity contribution in [1.29, 1.82) is 0 Å². The predicted molar refractivity (Wildman–Crippen MR) is 52.9 cm³/mol. The second-order valence-electron chi connectivity index (χ2n) is 3.29. The van der Waals surface area contributed by atoms with Gasteiger partial charge in [-0.2, -0.15) is 15.4 Å². The summed E-state index contributed by atoms with van der Waals surface area (Å²) in [7, 11) is 1.78. The second kappa shape index (κ2) is 5.36. The van der Waals surface area contributed by atoms with E-state index in [1.165, 1.54) is 6.20 Å². The van der Waals surface area contributed by atoms with E-state index in [1.54, 1.807) is 11.9 Å². The predicted octanol–water partition coefficient (Wildman–Crippen LogP) is 1.07. The highest BCUT2D eigenvalue weighted by atomic mass is 16.2. The molecule has 0 saturated carbocycles. The van der Waals surface area contributed by atoms with E-state index in [-0.39, 0.29) is 5.91 Å². The summed E-state index contributed by atoms with van der Waals surface area (Å²) in [6, 6.07) is 0. The molecule has 0 saturated heterocycles. The van der Waals surface area contributed by atoms with E-state index in [0.717, 1.165) is 25.8 Å². The van der Waals surface area contributed by atoms with Crippen LogP contribution < -0.4 is 0 Å². The van der Waals surface area contributed by atoms with Crippen molar-refractivity contribution < 1.29 is 4.79 Å². The number of nitrogens with one attached hydrogen (secondary N) is 1. The lowest BCUT2D eigenvalue weighted by atomic mass is 10.2. The number of unbranched alkanes of at least 4 members (excludes halogenated alkanes) is 2. The lowest BCUT2D eigenvalue weighted by molar-refractivity contribution is 0.0787. The normalized spacial score (nSPS) is 10.1. The van der Waals surface area contributed by atoms with Gasteiger partial charge in [-0.25, -0.2) is 0 Å². The van der Waals surface area contributed by atoms with Crippen LogP contribution >= 0.6 is 0 Å². The van der Waals surface area contributed by atoms with Gasteiger partial charge in [-0.05, 0) is 6.42 Å². The minimum absolute atomic E-state index is 0.0742. The van der Waals surface area contributed by atoms with Gasteiger partial charge in [0.15, 0.2) is 5.69 Å². The standard InChI is InChI=1S/C9H16N4O/c1-3-4-5-6-13(2)9(14)8-7-10-12-11-8/h7H,3-6H2,1-2H3,(H,10,11,12). The molecule has 5 heteroatoms. The van der Waals surface area contributed by atoms with Crippen molar-refractivity contribution in [2.45, 2.75) is 26.2 Å². The number of carbonyl (C=O) groups is 1. The van der Waals surface area contributed by atoms with E-state index in [9.17, 15) is 4.79 Å². The lowest BCUT2D eigenvalue weighted by Gasteiger charge is -2.14. The van der Waals surface area contributed by atoms with Gasteiger partial charge in [0.05, 0.1) is 6.20 Å². The van der Waals surface area contributed by atoms with Gasteiger partial charge in [-0.1, -0.05) is 19.8 Å². The molecule has 0 atom stereocenters. The number of aromatic nitrogens is 3. The third-order valence-electron chi connectivity index (χ3n) is 2.08. The van der Waals surface area contributed by atoms with Crippen LogP contribution in [-0.4, -0.2) is 39.8 Å². The molecule has 0 aliphatic rings. The first-order valence-electron chi connectivity index (χ1n) is 4.87. The molecule has 14 heavy (non-hydrogen) atoms. The summed E-state index contributed by atoms with van der Waals surface area (Å²) in [5.74, 6) is -0.0742. The van der Waals surface area contributed by atoms with Crippen molar-refractivity contribution in [1.82, 2.24) is 20.3 Å². The fourth-order valence-corrected chi connectivity index (χ4v) is 1.20. The zero-order valence-corrected chi connectivity index (χ0v) is 8.66. The molecule has 0 fully saturated rings. The topological polar surface area (TPSA) is 61.9 Å². The Bertz CT molecular complexity index is 270. The van der Waals surface area contributed by atoms with Gasteiger partial charge in [0.1, 0.15) is 0 Å². The van der Waals surface area contributed by atoms with E-state index in [4.69, 9.17) is 0 Å². The maximum absolute atomic E-state index is 11.6. The van der Waals surface area contributed by atoms with Crippen molar-refractivity contribution in [2.24, 2.45) is 0 Å². The lowest BCUT2D eigenvalue weighted by Crippen LogP contribution is -2.28. The summed E-state index contributed by atoms with van der Waals surface area (Å²) < 4.78 is 0. The number of carbonyl (C=O) groups excluding carboxylic acids is 1. The van der Waals surface area contributed by atoms with Crippen LogP contribution in [-0.2, 0) is 0 Å². The summed E-state index contributed by atoms with van der Waals surface area (Å²) in [5.41, 5.74) is 0.379. The first kappa shape index (κ1) is 10.7. The molecule has 1 amide bonds. The van der Waals surface area contributed by atoms with Crippen LogP contribution in [0.25, 0.3) is 0 Å². The highest BCUT2D eigenvalue weighted by Crippen LogP contribution is 2.00. The maximum Gasteiger partial charge on any atom is 0.275 e. The number of H-pyrrole nitrogens is 1. The van der Waals surface area contributed by atoms with Crippen LogP contribution in [0.15, 0.2) is 6.20 Å². The molecule has 0 radical (unpaired) electrons. The van der Waals surface area contributed by atoms with Gasteiger partial charge >= 0.3 is 0 Å². The molecule has 1 aromatic rings. The van der Waals surface area contributed by atoms with Crippen LogP contribution in [0.3, 0.4) is 0 Å². The number of hydrogen-bond acceptors (Lipinski definition) is 3. The van der Waals surface area contributed by atoms with Crippen molar-refractivity contribution >= 4 is 5.91 Å². The van der Waals surface area contributed by atoms with Gasteiger partial charge < -0.3 is 4.90 Å². The van der Waals surface area contributed by atoms with Crippen molar-refractivity contribution in [3.63, 3.8) is 0 Å². The van der Waals surface area contributed by atoms with Gasteiger partial charge in [0, 0.05) is 13.6 Å². The number of aromatic amines is 1. The average Bonchev–Trinajstić information content (AvgIpc) is 2.69. The van der Waals surface area contributed by atoms with E-state index < -0.39 is 0 Å². The maximum atomic E-state index is 11.6. The van der Waals surface area contributed by atoms with E-state index in [1.807, 2.05) is 0 Å². The first-order valence-corrected chi connectivity index (χ1v) is 4.87. The van der Waals surface area contributed by atoms with Gasteiger partial charge in [-0.15, -0.1) is 0 Å². The summed E-state index contributed by atoms with van der Waals surface area (Å²) in [6.07, 6.45) is 4.79. The Balaban J connectivity index is 2.37. The van der Waals surface area contributed by atoms with E-state index in [0.29, 0.717) is 5.69 Å². The van der Waals surface area contributed by atoms with Gasteiger partial charge in [0.25, 0.3) is 5.91 Å². The zero-order valence-electron chi connectivity index (χ0n) is 8.66. The number of rotatable bonds is 5. The minimum atomic E-state index is -0.0742.